The molecule has 2 amide bonds. The van der Waals surface area contributed by atoms with Gasteiger partial charge in [-0.1, -0.05) is 45.8 Å². The fourth-order valence-corrected chi connectivity index (χ4v) is 6.44. The van der Waals surface area contributed by atoms with Gasteiger partial charge in [0.05, 0.1) is 6.61 Å². The average Bonchev–Trinajstić information content (AvgIpc) is 3.29. The maximum Gasteiger partial charge on any atom is 0.425 e. The van der Waals surface area contributed by atoms with Crippen LogP contribution in [0.4, 0.5) is 15.4 Å². The number of unbranched alkanes of at least 4 members (excludes halogenated alkanes) is 3. The number of rotatable bonds is 16. The number of imide groups is 1. The van der Waals surface area contributed by atoms with Crippen molar-refractivity contribution < 1.29 is 28.5 Å². The summed E-state index contributed by atoms with van der Waals surface area (Å²) in [4.78, 5) is 40.7. The van der Waals surface area contributed by atoms with Gasteiger partial charge in [0.1, 0.15) is 40.7 Å². The number of aryl methyl sites for hydroxylation is 1. The zero-order chi connectivity index (χ0) is 37.1. The van der Waals surface area contributed by atoms with Crippen LogP contribution >= 0.6 is 0 Å². The summed E-state index contributed by atoms with van der Waals surface area (Å²) in [7, 11) is -1.41. The Balaban J connectivity index is 2.19. The van der Waals surface area contributed by atoms with E-state index in [1.54, 1.807) is 46.1 Å². The largest absolute Gasteiger partial charge is 0.463 e. The summed E-state index contributed by atoms with van der Waals surface area (Å²) in [5, 5.41) is 10.7. The minimum Gasteiger partial charge on any atom is -0.463 e. The van der Waals surface area contributed by atoms with Crippen LogP contribution in [0.25, 0.3) is 11.0 Å². The SMILES string of the molecule is CCCCOc1nc(N(C(=O)OC(C)(C)C)C(=O)OC(C)(C)C)c2c(n1)c(CCCCCN1CCCCC1)c(C#N)n2COCC[Si](C)(C)C. The minimum absolute atomic E-state index is 0.00528. The Kier molecular flexibility index (Phi) is 15.1. The van der Waals surface area contributed by atoms with Crippen LogP contribution in [0.15, 0.2) is 0 Å². The Morgan fingerprint density at radius 2 is 1.54 bits per heavy atom. The van der Waals surface area contributed by atoms with E-state index in [1.165, 1.54) is 19.3 Å². The van der Waals surface area contributed by atoms with E-state index < -0.39 is 31.5 Å². The van der Waals surface area contributed by atoms with Crippen molar-refractivity contribution in [3.63, 3.8) is 0 Å². The lowest BCUT2D eigenvalue weighted by atomic mass is 10.1. The first-order valence-corrected chi connectivity index (χ1v) is 22.2. The number of nitrogens with zero attached hydrogens (tertiary/aromatic N) is 6. The van der Waals surface area contributed by atoms with Crippen LogP contribution in [0.1, 0.15) is 111 Å². The van der Waals surface area contributed by atoms with Gasteiger partial charge in [0.2, 0.25) is 0 Å². The van der Waals surface area contributed by atoms with Crippen molar-refractivity contribution >= 4 is 37.1 Å². The summed E-state index contributed by atoms with van der Waals surface area (Å²) in [5.41, 5.74) is -0.0193. The molecule has 1 aliphatic heterocycles. The van der Waals surface area contributed by atoms with E-state index in [-0.39, 0.29) is 18.6 Å². The van der Waals surface area contributed by atoms with Crippen molar-refractivity contribution in [2.75, 3.05) is 37.7 Å². The van der Waals surface area contributed by atoms with Gasteiger partial charge in [-0.2, -0.15) is 20.1 Å². The maximum atomic E-state index is 13.9. The molecule has 1 aliphatic rings. The van der Waals surface area contributed by atoms with E-state index >= 15 is 0 Å². The van der Waals surface area contributed by atoms with Gasteiger partial charge in [-0.3, -0.25) is 0 Å². The standard InChI is InChI=1S/C37H62N6O6Si/c1-11-12-23-47-33-39-30-28(19-15-13-16-20-41-21-17-14-18-22-41)29(26-38)42(27-46-24-25-50(8,9)10)31(30)32(40-33)43(34(44)48-36(2,3)4)35(45)49-37(5,6)7/h11-25,27H2,1-10H3. The molecule has 0 unspecified atom stereocenters. The molecule has 2 aromatic rings. The monoisotopic (exact) mass is 714 g/mol. The number of piperidine rings is 1. The topological polar surface area (TPSA) is 132 Å². The van der Waals surface area contributed by atoms with Crippen LogP contribution in [0, 0.1) is 11.3 Å². The van der Waals surface area contributed by atoms with E-state index in [1.807, 2.05) is 0 Å². The second kappa shape index (κ2) is 18.3. The number of hydrogen-bond acceptors (Lipinski definition) is 10. The Morgan fingerprint density at radius 3 is 2.10 bits per heavy atom. The van der Waals surface area contributed by atoms with Gasteiger partial charge in [-0.25, -0.2) is 9.59 Å². The quantitative estimate of drug-likeness (QED) is 0.123. The van der Waals surface area contributed by atoms with Crippen LogP contribution in [-0.2, 0) is 27.4 Å². The number of amides is 2. The van der Waals surface area contributed by atoms with Crippen molar-refractivity contribution in [1.29, 1.82) is 5.26 Å². The third kappa shape index (κ3) is 12.8. The number of fused-ring (bicyclic) bond motifs is 1. The molecule has 0 aromatic carbocycles. The fourth-order valence-electron chi connectivity index (χ4n) is 5.68. The first-order valence-electron chi connectivity index (χ1n) is 18.5. The Hall–Kier alpha value is -3.21. The number of carbonyl (C=O) groups excluding carboxylic acids is 2. The smallest absolute Gasteiger partial charge is 0.425 e. The molecule has 0 radical (unpaired) electrons. The molecule has 3 rings (SSSR count). The van der Waals surface area contributed by atoms with Crippen molar-refractivity contribution in [2.24, 2.45) is 0 Å². The van der Waals surface area contributed by atoms with Crippen molar-refractivity contribution in [3.05, 3.63) is 11.3 Å². The van der Waals surface area contributed by atoms with E-state index in [4.69, 9.17) is 23.9 Å². The molecule has 50 heavy (non-hydrogen) atoms. The molecule has 0 bridgehead atoms. The first kappa shape index (κ1) is 41.2. The average molecular weight is 715 g/mol. The first-order chi connectivity index (χ1) is 23.4. The summed E-state index contributed by atoms with van der Waals surface area (Å²) in [5.74, 6) is -0.0772. The molecule has 1 fully saturated rings. The normalized spacial score (nSPS) is 14.4. The number of nitriles is 1. The highest BCUT2D eigenvalue weighted by Gasteiger charge is 2.37. The third-order valence-electron chi connectivity index (χ3n) is 8.22. The molecule has 0 saturated carbocycles. The van der Waals surface area contributed by atoms with E-state index in [0.717, 1.165) is 62.7 Å². The number of anilines is 1. The fraction of sp³-hybridized carbons (Fsp3) is 0.757. The zero-order valence-corrected chi connectivity index (χ0v) is 33.4. The van der Waals surface area contributed by atoms with Gasteiger partial charge in [0.25, 0.3) is 0 Å². The maximum absolute atomic E-state index is 13.9. The Bertz CT molecular complexity index is 1430. The minimum atomic E-state index is -1.41. The number of aromatic nitrogens is 3. The second-order valence-corrected chi connectivity index (χ2v) is 22.1. The predicted octanol–water partition coefficient (Wildman–Crippen LogP) is 8.67. The summed E-state index contributed by atoms with van der Waals surface area (Å²) in [6, 6.07) is 3.33. The van der Waals surface area contributed by atoms with Crippen molar-refractivity contribution in [2.45, 2.75) is 150 Å². The Labute approximate surface area is 300 Å². The molecule has 280 valence electrons. The van der Waals surface area contributed by atoms with Gasteiger partial charge < -0.3 is 28.4 Å². The van der Waals surface area contributed by atoms with Crippen LogP contribution in [0.3, 0.4) is 0 Å². The number of carbonyl (C=O) groups is 2. The second-order valence-electron chi connectivity index (χ2n) is 16.5. The molecule has 13 heteroatoms. The molecule has 3 heterocycles. The van der Waals surface area contributed by atoms with Gasteiger partial charge in [0, 0.05) is 20.2 Å². The molecule has 12 nitrogen and oxygen atoms in total. The van der Waals surface area contributed by atoms with Crippen LogP contribution in [0.5, 0.6) is 6.01 Å². The number of ether oxygens (including phenoxy) is 4. The zero-order valence-electron chi connectivity index (χ0n) is 32.4. The highest BCUT2D eigenvalue weighted by atomic mass is 28.3. The molecule has 1 saturated heterocycles. The molecular formula is C37H62N6O6Si. The van der Waals surface area contributed by atoms with Crippen molar-refractivity contribution in [3.8, 4) is 12.1 Å². The Morgan fingerprint density at radius 1 is 0.900 bits per heavy atom. The highest BCUT2D eigenvalue weighted by molar-refractivity contribution is 6.76. The molecule has 0 atom stereocenters. The molecule has 0 N–H and O–H groups in total. The van der Waals surface area contributed by atoms with E-state index in [9.17, 15) is 14.9 Å². The highest BCUT2D eigenvalue weighted by Crippen LogP contribution is 2.36. The van der Waals surface area contributed by atoms with Gasteiger partial charge >= 0.3 is 18.2 Å². The van der Waals surface area contributed by atoms with Crippen LogP contribution in [-0.4, -0.2) is 83.7 Å². The van der Waals surface area contributed by atoms with Gasteiger partial charge in [0.15, 0.2) is 5.82 Å². The lowest BCUT2D eigenvalue weighted by molar-refractivity contribution is 0.0428. The van der Waals surface area contributed by atoms with Crippen LogP contribution in [0.2, 0.25) is 25.7 Å². The van der Waals surface area contributed by atoms with Crippen LogP contribution < -0.4 is 9.64 Å². The summed E-state index contributed by atoms with van der Waals surface area (Å²) < 4.78 is 25.4. The summed E-state index contributed by atoms with van der Waals surface area (Å²) in [6.45, 7) is 23.5. The lowest BCUT2D eigenvalue weighted by Gasteiger charge is -2.28. The summed E-state index contributed by atoms with van der Waals surface area (Å²) in [6.07, 6.45) is 7.04. The van der Waals surface area contributed by atoms with Gasteiger partial charge in [-0.05, 0) is 106 Å². The lowest BCUT2D eigenvalue weighted by Crippen LogP contribution is -2.44. The summed E-state index contributed by atoms with van der Waals surface area (Å²) >= 11 is 0. The molecular weight excluding hydrogens is 653 g/mol. The number of likely N-dealkylation sites (tertiary alicyclic amines) is 1. The number of hydrogen-bond donors (Lipinski definition) is 0. The molecule has 2 aromatic heterocycles. The molecule has 0 aliphatic carbocycles. The predicted molar refractivity (Wildman–Crippen MR) is 200 cm³/mol. The third-order valence-corrected chi connectivity index (χ3v) is 9.93. The molecule has 0 spiro atoms. The van der Waals surface area contributed by atoms with Gasteiger partial charge in [-0.15, -0.1) is 0 Å². The van der Waals surface area contributed by atoms with E-state index in [0.29, 0.717) is 41.9 Å². The van der Waals surface area contributed by atoms with Crippen molar-refractivity contribution in [1.82, 2.24) is 19.4 Å². The van der Waals surface area contributed by atoms with E-state index in [2.05, 4.69) is 42.5 Å².